The van der Waals surface area contributed by atoms with E-state index in [9.17, 15) is 19.2 Å². The fourth-order valence-corrected chi connectivity index (χ4v) is 4.12. The summed E-state index contributed by atoms with van der Waals surface area (Å²) in [4.78, 5) is 49.2. The molecule has 10 heteroatoms. The minimum atomic E-state index is -1.22. The van der Waals surface area contributed by atoms with E-state index in [0.717, 1.165) is 64.2 Å². The Balaban J connectivity index is 5.21. The summed E-state index contributed by atoms with van der Waals surface area (Å²) >= 11 is 8.11. The van der Waals surface area contributed by atoms with Gasteiger partial charge in [0.25, 0.3) is 0 Å². The van der Waals surface area contributed by atoms with Crippen LogP contribution in [0.4, 0.5) is 0 Å². The van der Waals surface area contributed by atoms with Crippen LogP contribution in [0.25, 0.3) is 0 Å². The lowest BCUT2D eigenvalue weighted by Crippen LogP contribution is -2.44. The Hall–Kier alpha value is -1.42. The Labute approximate surface area is 246 Å². The summed E-state index contributed by atoms with van der Waals surface area (Å²) in [5.74, 6) is -1.15. The molecule has 0 unspecified atom stereocenters. The first-order chi connectivity index (χ1) is 18.8. The molecule has 8 nitrogen and oxygen atoms in total. The van der Waals surface area contributed by atoms with Crippen LogP contribution in [0.3, 0.4) is 0 Å². The lowest BCUT2D eigenvalue weighted by atomic mass is 9.92. The quantitative estimate of drug-likeness (QED) is 0.0523. The van der Waals surface area contributed by atoms with E-state index in [1.54, 1.807) is 0 Å². The van der Waals surface area contributed by atoms with Gasteiger partial charge >= 0.3 is 23.9 Å². The topological polar surface area (TPSA) is 105 Å². The molecule has 0 aromatic heterocycles. The summed E-state index contributed by atoms with van der Waals surface area (Å²) in [5.41, 5.74) is -1.22. The summed E-state index contributed by atoms with van der Waals surface area (Å²) in [5, 5.41) is 0. The molecule has 0 rings (SSSR count). The van der Waals surface area contributed by atoms with E-state index >= 15 is 0 Å². The van der Waals surface area contributed by atoms with Gasteiger partial charge in [0.15, 0.2) is 0 Å². The number of ether oxygens (including phenoxy) is 4. The number of rotatable bonds is 26. The molecule has 0 atom stereocenters. The zero-order valence-corrected chi connectivity index (χ0v) is 26.0. The van der Waals surface area contributed by atoms with Crippen LogP contribution in [0.5, 0.6) is 0 Å². The molecular formula is C29H52O8S2. The molecule has 0 radical (unpaired) electrons. The van der Waals surface area contributed by atoms with Crippen LogP contribution in [-0.4, -0.2) is 61.8 Å². The molecule has 0 N–H and O–H groups in total. The molecule has 0 heterocycles. The molecule has 0 aromatic rings. The molecule has 0 aliphatic carbocycles. The standard InChI is InChI=1S/C29H52O8S2/c1-3-5-7-9-11-13-15-25(30)34-21-29(23-36-27(32)17-19-38,24-37-28(33)18-20-39)22-35-26(31)16-14-12-10-8-6-4-2/h38-39H,3-24H2,1-2H3. The Bertz CT molecular complexity index is 616. The molecule has 228 valence electrons. The highest BCUT2D eigenvalue weighted by Gasteiger charge is 2.37. The van der Waals surface area contributed by atoms with E-state index in [1.807, 2.05) is 0 Å². The minimum absolute atomic E-state index is 0.0915. The Morgan fingerprint density at radius 2 is 0.744 bits per heavy atom. The highest BCUT2D eigenvalue weighted by molar-refractivity contribution is 7.80. The van der Waals surface area contributed by atoms with Gasteiger partial charge in [-0.2, -0.15) is 25.3 Å². The van der Waals surface area contributed by atoms with E-state index < -0.39 is 29.3 Å². The van der Waals surface area contributed by atoms with Crippen molar-refractivity contribution in [3.8, 4) is 0 Å². The van der Waals surface area contributed by atoms with E-state index in [-0.39, 0.29) is 52.1 Å². The summed E-state index contributed by atoms with van der Waals surface area (Å²) in [6.45, 7) is 3.41. The number of unbranched alkanes of at least 4 members (excludes halogenated alkanes) is 10. The third kappa shape index (κ3) is 22.0. The van der Waals surface area contributed by atoms with Crippen molar-refractivity contribution in [2.24, 2.45) is 5.41 Å². The van der Waals surface area contributed by atoms with E-state index in [0.29, 0.717) is 11.5 Å². The van der Waals surface area contributed by atoms with Gasteiger partial charge < -0.3 is 18.9 Å². The molecule has 0 saturated heterocycles. The van der Waals surface area contributed by atoms with Crippen molar-refractivity contribution in [2.75, 3.05) is 37.9 Å². The molecule has 0 aromatic carbocycles. The van der Waals surface area contributed by atoms with Gasteiger partial charge in [-0.25, -0.2) is 0 Å². The summed E-state index contributed by atoms with van der Waals surface area (Å²) in [6.07, 6.45) is 13.2. The number of thiol groups is 2. The van der Waals surface area contributed by atoms with E-state index in [2.05, 4.69) is 39.1 Å². The maximum absolute atomic E-state index is 12.5. The third-order valence-corrected chi connectivity index (χ3v) is 6.71. The second kappa shape index (κ2) is 25.5. The van der Waals surface area contributed by atoms with Gasteiger partial charge in [-0.3, -0.25) is 19.2 Å². The molecular weight excluding hydrogens is 540 g/mol. The van der Waals surface area contributed by atoms with E-state index in [1.165, 1.54) is 12.8 Å². The zero-order chi connectivity index (χ0) is 29.2. The van der Waals surface area contributed by atoms with Crippen LogP contribution < -0.4 is 0 Å². The monoisotopic (exact) mass is 592 g/mol. The van der Waals surface area contributed by atoms with Crippen molar-refractivity contribution in [1.29, 1.82) is 0 Å². The molecule has 0 spiro atoms. The largest absolute Gasteiger partial charge is 0.465 e. The van der Waals surface area contributed by atoms with Gasteiger partial charge in [-0.05, 0) is 12.8 Å². The number of esters is 4. The third-order valence-electron chi connectivity index (χ3n) is 6.26. The Morgan fingerprint density at radius 1 is 0.462 bits per heavy atom. The fourth-order valence-electron chi connectivity index (χ4n) is 3.75. The van der Waals surface area contributed by atoms with Crippen molar-refractivity contribution < 1.29 is 38.1 Å². The van der Waals surface area contributed by atoms with Crippen LogP contribution in [-0.2, 0) is 38.1 Å². The highest BCUT2D eigenvalue weighted by Crippen LogP contribution is 2.23. The first kappa shape index (κ1) is 37.6. The second-order valence-electron chi connectivity index (χ2n) is 10.1. The van der Waals surface area contributed by atoms with Gasteiger partial charge in [0.1, 0.15) is 31.8 Å². The number of hydrogen-bond acceptors (Lipinski definition) is 10. The summed E-state index contributed by atoms with van der Waals surface area (Å²) in [7, 11) is 0. The van der Waals surface area contributed by atoms with Crippen molar-refractivity contribution >= 4 is 49.1 Å². The van der Waals surface area contributed by atoms with Crippen LogP contribution >= 0.6 is 25.3 Å². The van der Waals surface area contributed by atoms with Crippen LogP contribution in [0.1, 0.15) is 117 Å². The maximum Gasteiger partial charge on any atom is 0.306 e. The SMILES string of the molecule is CCCCCCCCC(=O)OCC(COC(=O)CCS)(COC(=O)CCS)COC(=O)CCCCCCCC. The fraction of sp³-hybridized carbons (Fsp3) is 0.862. The molecule has 39 heavy (non-hydrogen) atoms. The van der Waals surface area contributed by atoms with E-state index in [4.69, 9.17) is 18.9 Å². The van der Waals surface area contributed by atoms with Crippen molar-refractivity contribution in [2.45, 2.75) is 117 Å². The molecule has 0 aliphatic rings. The molecule has 0 saturated carbocycles. The van der Waals surface area contributed by atoms with Crippen molar-refractivity contribution in [3.63, 3.8) is 0 Å². The van der Waals surface area contributed by atoms with Crippen molar-refractivity contribution in [1.82, 2.24) is 0 Å². The summed E-state index contributed by atoms with van der Waals surface area (Å²) in [6, 6.07) is 0. The van der Waals surface area contributed by atoms with Gasteiger partial charge in [0.05, 0.1) is 12.8 Å². The maximum atomic E-state index is 12.5. The summed E-state index contributed by atoms with van der Waals surface area (Å²) < 4.78 is 21.9. The smallest absolute Gasteiger partial charge is 0.306 e. The molecule has 0 aliphatic heterocycles. The average molecular weight is 593 g/mol. The predicted octanol–water partition coefficient (Wildman–Crippen LogP) is 6.29. The van der Waals surface area contributed by atoms with Gasteiger partial charge in [-0.1, -0.05) is 78.1 Å². The first-order valence-corrected chi connectivity index (χ1v) is 15.9. The number of carbonyl (C=O) groups is 4. The average Bonchev–Trinajstić information content (AvgIpc) is 2.92. The van der Waals surface area contributed by atoms with Crippen molar-refractivity contribution in [3.05, 3.63) is 0 Å². The number of hydrogen-bond donors (Lipinski definition) is 2. The Morgan fingerprint density at radius 3 is 1.05 bits per heavy atom. The zero-order valence-electron chi connectivity index (χ0n) is 24.2. The first-order valence-electron chi connectivity index (χ1n) is 14.7. The Kier molecular flexibility index (Phi) is 24.6. The van der Waals surface area contributed by atoms with Gasteiger partial charge in [0, 0.05) is 24.3 Å². The van der Waals surface area contributed by atoms with Crippen LogP contribution in [0.2, 0.25) is 0 Å². The van der Waals surface area contributed by atoms with Crippen LogP contribution in [0, 0.1) is 5.41 Å². The van der Waals surface area contributed by atoms with Crippen LogP contribution in [0.15, 0.2) is 0 Å². The normalized spacial score (nSPS) is 11.2. The molecule has 0 fully saturated rings. The number of carbonyl (C=O) groups excluding carboxylic acids is 4. The molecule has 0 bridgehead atoms. The lowest BCUT2D eigenvalue weighted by molar-refractivity contribution is -0.170. The van der Waals surface area contributed by atoms with Gasteiger partial charge in [-0.15, -0.1) is 0 Å². The van der Waals surface area contributed by atoms with Gasteiger partial charge in [0.2, 0.25) is 0 Å². The highest BCUT2D eigenvalue weighted by atomic mass is 32.1. The lowest BCUT2D eigenvalue weighted by Gasteiger charge is -2.31. The minimum Gasteiger partial charge on any atom is -0.465 e. The predicted molar refractivity (Wildman–Crippen MR) is 159 cm³/mol. The molecule has 0 amide bonds. The second-order valence-corrected chi connectivity index (χ2v) is 11.0.